The lowest BCUT2D eigenvalue weighted by Gasteiger charge is -2.00. The largest absolute Gasteiger partial charge is 0.265 e. The lowest BCUT2D eigenvalue weighted by molar-refractivity contribution is 0.627. The van der Waals surface area contributed by atoms with Crippen LogP contribution in [-0.2, 0) is 0 Å². The topological polar surface area (TPSA) is 58.9 Å². The van der Waals surface area contributed by atoms with E-state index in [-0.39, 0.29) is 5.82 Å². The van der Waals surface area contributed by atoms with Crippen molar-refractivity contribution in [1.82, 2.24) is 19.9 Å². The number of halogens is 1. The lowest BCUT2D eigenvalue weighted by Crippen LogP contribution is -1.95. The Hall–Kier alpha value is -2.67. The number of benzene rings is 1. The molecule has 5 nitrogen and oxygen atoms in total. The van der Waals surface area contributed by atoms with Crippen molar-refractivity contribution in [2.45, 2.75) is 0 Å². The Bertz CT molecular complexity index is 838. The molecule has 7 heteroatoms. The van der Waals surface area contributed by atoms with E-state index >= 15 is 0 Å². The fourth-order valence-electron chi connectivity index (χ4n) is 1.80. The summed E-state index contributed by atoms with van der Waals surface area (Å²) in [6.07, 6.45) is 4.85. The molecule has 0 atom stereocenters. The monoisotopic (exact) mass is 299 g/mol. The number of H-pyrrole nitrogens is 1. The van der Waals surface area contributed by atoms with Crippen LogP contribution in [0.3, 0.4) is 0 Å². The van der Waals surface area contributed by atoms with E-state index in [2.05, 4.69) is 20.3 Å². The highest BCUT2D eigenvalue weighted by Gasteiger charge is 2.07. The van der Waals surface area contributed by atoms with Gasteiger partial charge in [-0.3, -0.25) is 4.98 Å². The van der Waals surface area contributed by atoms with E-state index in [1.165, 1.54) is 23.0 Å². The summed E-state index contributed by atoms with van der Waals surface area (Å²) in [7, 11) is 0. The van der Waals surface area contributed by atoms with Crippen molar-refractivity contribution >= 4 is 18.4 Å². The Balaban J connectivity index is 2.00. The highest BCUT2D eigenvalue weighted by Crippen LogP contribution is 2.15. The van der Waals surface area contributed by atoms with Crippen LogP contribution >= 0.6 is 12.2 Å². The molecule has 0 saturated carbocycles. The fourth-order valence-corrected chi connectivity index (χ4v) is 1.98. The predicted octanol–water partition coefficient (Wildman–Crippen LogP) is 3.02. The average Bonchev–Trinajstić information content (AvgIpc) is 2.87. The van der Waals surface area contributed by atoms with E-state index in [1.807, 2.05) is 0 Å². The third kappa shape index (κ3) is 2.92. The highest BCUT2D eigenvalue weighted by molar-refractivity contribution is 7.71. The first-order chi connectivity index (χ1) is 10.2. The average molecular weight is 299 g/mol. The zero-order valence-electron chi connectivity index (χ0n) is 10.8. The molecule has 2 aromatic heterocycles. The van der Waals surface area contributed by atoms with Crippen LogP contribution in [0, 0.1) is 10.6 Å². The minimum Gasteiger partial charge on any atom is -0.265 e. The summed E-state index contributed by atoms with van der Waals surface area (Å²) in [4.78, 5) is 3.96. The van der Waals surface area contributed by atoms with Gasteiger partial charge >= 0.3 is 0 Å². The Labute approximate surface area is 124 Å². The van der Waals surface area contributed by atoms with E-state index in [1.54, 1.807) is 36.7 Å². The minimum atomic E-state index is -0.316. The van der Waals surface area contributed by atoms with Crippen molar-refractivity contribution < 1.29 is 4.39 Å². The van der Waals surface area contributed by atoms with Gasteiger partial charge in [-0.1, -0.05) is 12.1 Å². The van der Waals surface area contributed by atoms with Crippen LogP contribution in [-0.4, -0.2) is 26.1 Å². The van der Waals surface area contributed by atoms with E-state index in [4.69, 9.17) is 12.2 Å². The predicted molar refractivity (Wildman–Crippen MR) is 80.0 cm³/mol. The quantitative estimate of drug-likeness (QED) is 0.597. The molecule has 0 spiro atoms. The standard InChI is InChI=1S/C14H10FN5S/c15-12-3-1-2-10(8-12)9-17-20-13(18-19-14(20)21)11-4-6-16-7-5-11/h1-9H,(H,19,21)/b17-9-. The van der Waals surface area contributed by atoms with Crippen molar-refractivity contribution in [2.24, 2.45) is 5.10 Å². The number of hydrogen-bond donors (Lipinski definition) is 1. The molecule has 0 amide bonds. The van der Waals surface area contributed by atoms with E-state index in [0.717, 1.165) is 5.56 Å². The molecule has 0 aliphatic rings. The summed E-state index contributed by atoms with van der Waals surface area (Å²) >= 11 is 5.16. The van der Waals surface area contributed by atoms with Gasteiger partial charge < -0.3 is 0 Å². The molecule has 0 fully saturated rings. The van der Waals surface area contributed by atoms with Gasteiger partial charge in [-0.05, 0) is 42.0 Å². The molecule has 1 N–H and O–H groups in total. The second-order valence-corrected chi connectivity index (χ2v) is 4.59. The second kappa shape index (κ2) is 5.76. The van der Waals surface area contributed by atoms with E-state index in [9.17, 15) is 4.39 Å². The van der Waals surface area contributed by atoms with Gasteiger partial charge in [0.25, 0.3) is 0 Å². The number of nitrogens with one attached hydrogen (secondary N) is 1. The normalized spacial score (nSPS) is 11.1. The van der Waals surface area contributed by atoms with Crippen LogP contribution < -0.4 is 0 Å². The smallest absolute Gasteiger partial charge is 0.216 e. The number of pyridine rings is 1. The molecule has 2 heterocycles. The summed E-state index contributed by atoms with van der Waals surface area (Å²) in [6.45, 7) is 0. The van der Waals surface area contributed by atoms with Crippen LogP contribution in [0.4, 0.5) is 4.39 Å². The number of rotatable bonds is 3. The summed E-state index contributed by atoms with van der Waals surface area (Å²) in [5, 5.41) is 11.1. The van der Waals surface area contributed by atoms with Gasteiger partial charge in [-0.2, -0.15) is 14.9 Å². The van der Waals surface area contributed by atoms with Crippen molar-refractivity contribution in [2.75, 3.05) is 0 Å². The molecule has 3 aromatic rings. The maximum atomic E-state index is 13.1. The minimum absolute atomic E-state index is 0.316. The van der Waals surface area contributed by atoms with E-state index in [0.29, 0.717) is 16.2 Å². The van der Waals surface area contributed by atoms with Crippen LogP contribution in [0.1, 0.15) is 5.56 Å². The molecule has 3 rings (SSSR count). The first kappa shape index (κ1) is 13.3. The molecule has 104 valence electrons. The first-order valence-corrected chi connectivity index (χ1v) is 6.52. The van der Waals surface area contributed by atoms with Gasteiger partial charge in [0.05, 0.1) is 6.21 Å². The summed E-state index contributed by atoms with van der Waals surface area (Å²) in [5.74, 6) is 0.249. The molecule has 0 bridgehead atoms. The molecule has 21 heavy (non-hydrogen) atoms. The van der Waals surface area contributed by atoms with Crippen molar-refractivity contribution in [3.05, 3.63) is 64.9 Å². The van der Waals surface area contributed by atoms with Crippen molar-refractivity contribution in [3.8, 4) is 11.4 Å². The van der Waals surface area contributed by atoms with Crippen molar-refractivity contribution in [3.63, 3.8) is 0 Å². The molecule has 0 aliphatic heterocycles. The third-order valence-corrected chi connectivity index (χ3v) is 3.02. The Morgan fingerprint density at radius 1 is 1.24 bits per heavy atom. The van der Waals surface area contributed by atoms with Crippen LogP contribution in [0.2, 0.25) is 0 Å². The molecule has 0 unspecified atom stereocenters. The molecule has 1 aromatic carbocycles. The molecular formula is C14H10FN5S. The lowest BCUT2D eigenvalue weighted by atomic mass is 10.2. The number of hydrogen-bond acceptors (Lipinski definition) is 4. The second-order valence-electron chi connectivity index (χ2n) is 4.20. The van der Waals surface area contributed by atoms with Gasteiger partial charge in [0.1, 0.15) is 5.82 Å². The molecular weight excluding hydrogens is 289 g/mol. The molecule has 0 aliphatic carbocycles. The van der Waals surface area contributed by atoms with Crippen LogP contribution in [0.15, 0.2) is 53.9 Å². The first-order valence-electron chi connectivity index (χ1n) is 6.12. The Morgan fingerprint density at radius 3 is 2.81 bits per heavy atom. The third-order valence-electron chi connectivity index (χ3n) is 2.76. The zero-order valence-corrected chi connectivity index (χ0v) is 11.6. The van der Waals surface area contributed by atoms with Crippen LogP contribution in [0.5, 0.6) is 0 Å². The molecule has 0 saturated heterocycles. The summed E-state index contributed by atoms with van der Waals surface area (Å²) in [5.41, 5.74) is 1.47. The number of aromatic nitrogens is 4. The van der Waals surface area contributed by atoms with Gasteiger partial charge in [0.2, 0.25) is 4.77 Å². The Morgan fingerprint density at radius 2 is 2.05 bits per heavy atom. The van der Waals surface area contributed by atoms with Gasteiger partial charge in [0, 0.05) is 18.0 Å². The maximum Gasteiger partial charge on any atom is 0.216 e. The summed E-state index contributed by atoms with van der Waals surface area (Å²) < 4.78 is 15.0. The Kier molecular flexibility index (Phi) is 3.65. The SMILES string of the molecule is Fc1cccc(/C=N\n2c(-c3ccncc3)n[nH]c2=S)c1. The van der Waals surface area contributed by atoms with Gasteiger partial charge in [-0.25, -0.2) is 9.49 Å². The fraction of sp³-hybridized carbons (Fsp3) is 0. The van der Waals surface area contributed by atoms with Gasteiger partial charge in [-0.15, -0.1) is 0 Å². The van der Waals surface area contributed by atoms with E-state index < -0.39 is 0 Å². The van der Waals surface area contributed by atoms with Gasteiger partial charge in [0.15, 0.2) is 5.82 Å². The van der Waals surface area contributed by atoms with Crippen LogP contribution in [0.25, 0.3) is 11.4 Å². The maximum absolute atomic E-state index is 13.1. The van der Waals surface area contributed by atoms with Crippen molar-refractivity contribution in [1.29, 1.82) is 0 Å². The molecule has 0 radical (unpaired) electrons. The highest BCUT2D eigenvalue weighted by atomic mass is 32.1. The zero-order chi connectivity index (χ0) is 14.7. The summed E-state index contributed by atoms with van der Waals surface area (Å²) in [6, 6.07) is 9.75. The number of aromatic amines is 1. The number of nitrogens with zero attached hydrogens (tertiary/aromatic N) is 4.